The van der Waals surface area contributed by atoms with Gasteiger partial charge in [0.05, 0.1) is 23.1 Å². The number of hydrogen-bond acceptors (Lipinski definition) is 2. The van der Waals surface area contributed by atoms with Crippen LogP contribution < -0.4 is 5.32 Å². The number of nitrogens with zero attached hydrogens (tertiary/aromatic N) is 2. The van der Waals surface area contributed by atoms with E-state index in [0.717, 1.165) is 23.2 Å². The minimum absolute atomic E-state index is 0.00459. The van der Waals surface area contributed by atoms with Crippen LogP contribution in [-0.2, 0) is 0 Å². The Hall–Kier alpha value is -2.10. The molecule has 4 atom stereocenters. The summed E-state index contributed by atoms with van der Waals surface area (Å²) < 4.78 is 1.83. The highest BCUT2D eigenvalue weighted by atomic mass is 16.1. The molecule has 0 spiro atoms. The number of carbonyl (C=O) groups is 1. The lowest BCUT2D eigenvalue weighted by atomic mass is 9.84. The monoisotopic (exact) mass is 323 g/mol. The van der Waals surface area contributed by atoms with Gasteiger partial charge in [-0.1, -0.05) is 24.6 Å². The lowest BCUT2D eigenvalue weighted by molar-refractivity contribution is 0.0914. The van der Waals surface area contributed by atoms with Crippen molar-refractivity contribution in [3.63, 3.8) is 0 Å². The number of para-hydroxylation sites is 1. The van der Waals surface area contributed by atoms with Gasteiger partial charge in [-0.15, -0.1) is 0 Å². The number of amides is 1. The fourth-order valence-corrected chi connectivity index (χ4v) is 4.76. The van der Waals surface area contributed by atoms with Crippen LogP contribution in [0.1, 0.15) is 48.7 Å². The first kappa shape index (κ1) is 15.4. The van der Waals surface area contributed by atoms with Crippen molar-refractivity contribution in [2.45, 2.75) is 45.6 Å². The van der Waals surface area contributed by atoms with Crippen molar-refractivity contribution < 1.29 is 4.79 Å². The number of aromatic nitrogens is 2. The molecule has 126 valence electrons. The molecular formula is C20H25N3O. The molecule has 4 heteroatoms. The lowest BCUT2D eigenvalue weighted by Crippen LogP contribution is -2.40. The number of rotatable bonds is 4. The topological polar surface area (TPSA) is 46.9 Å². The highest BCUT2D eigenvalue weighted by Crippen LogP contribution is 2.49. The molecule has 4 unspecified atom stereocenters. The SMILES string of the molecule is Cc1c(C(=O)NC(C)C2CC3CCC2C3)cnn1-c1ccccc1. The molecule has 0 radical (unpaired) electrons. The standard InChI is InChI=1S/C20H25N3O/c1-13(18-11-15-8-9-16(18)10-15)22-20(24)19-12-21-23(14(19)2)17-6-4-3-5-7-17/h3-7,12-13,15-16,18H,8-11H2,1-2H3,(H,22,24). The molecule has 2 fully saturated rings. The normalized spacial score (nSPS) is 26.5. The zero-order chi connectivity index (χ0) is 16.7. The second kappa shape index (κ2) is 6.08. The average Bonchev–Trinajstić information content (AvgIpc) is 3.30. The van der Waals surface area contributed by atoms with Gasteiger partial charge in [-0.25, -0.2) is 4.68 Å². The Morgan fingerprint density at radius 2 is 2.04 bits per heavy atom. The van der Waals surface area contributed by atoms with Crippen LogP contribution in [0.2, 0.25) is 0 Å². The van der Waals surface area contributed by atoms with Crippen LogP contribution in [0.25, 0.3) is 5.69 Å². The zero-order valence-corrected chi connectivity index (χ0v) is 14.4. The van der Waals surface area contributed by atoms with Gasteiger partial charge in [-0.3, -0.25) is 4.79 Å². The Kier molecular flexibility index (Phi) is 3.91. The summed E-state index contributed by atoms with van der Waals surface area (Å²) in [5.41, 5.74) is 2.54. The van der Waals surface area contributed by atoms with E-state index in [4.69, 9.17) is 0 Å². The molecular weight excluding hydrogens is 298 g/mol. The van der Waals surface area contributed by atoms with Gasteiger partial charge in [0.1, 0.15) is 0 Å². The van der Waals surface area contributed by atoms with Crippen LogP contribution in [0.15, 0.2) is 36.5 Å². The van der Waals surface area contributed by atoms with Gasteiger partial charge < -0.3 is 5.32 Å². The average molecular weight is 323 g/mol. The second-order valence-electron chi connectivity index (χ2n) is 7.49. The van der Waals surface area contributed by atoms with Crippen molar-refractivity contribution in [3.8, 4) is 5.69 Å². The van der Waals surface area contributed by atoms with E-state index in [1.54, 1.807) is 6.20 Å². The van der Waals surface area contributed by atoms with E-state index in [0.29, 0.717) is 11.5 Å². The molecule has 0 saturated heterocycles. The van der Waals surface area contributed by atoms with Crippen LogP contribution >= 0.6 is 0 Å². The smallest absolute Gasteiger partial charge is 0.254 e. The summed E-state index contributed by atoms with van der Waals surface area (Å²) in [5, 5.41) is 7.64. The first-order chi connectivity index (χ1) is 11.6. The maximum Gasteiger partial charge on any atom is 0.254 e. The third-order valence-electron chi connectivity index (χ3n) is 6.05. The maximum atomic E-state index is 12.7. The summed E-state index contributed by atoms with van der Waals surface area (Å²) >= 11 is 0. The number of fused-ring (bicyclic) bond motifs is 2. The molecule has 1 N–H and O–H groups in total. The van der Waals surface area contributed by atoms with Crippen LogP contribution in [0.3, 0.4) is 0 Å². The van der Waals surface area contributed by atoms with E-state index < -0.39 is 0 Å². The highest BCUT2D eigenvalue weighted by molar-refractivity contribution is 5.95. The van der Waals surface area contributed by atoms with Gasteiger partial charge in [0, 0.05) is 6.04 Å². The Morgan fingerprint density at radius 3 is 2.71 bits per heavy atom. The number of carbonyl (C=O) groups excluding carboxylic acids is 1. The van der Waals surface area contributed by atoms with E-state index in [2.05, 4.69) is 17.3 Å². The summed E-state index contributed by atoms with van der Waals surface area (Å²) in [5.74, 6) is 2.38. The Bertz CT molecular complexity index is 737. The molecule has 2 aliphatic rings. The van der Waals surface area contributed by atoms with Crippen molar-refractivity contribution in [1.82, 2.24) is 15.1 Å². The van der Waals surface area contributed by atoms with Crippen LogP contribution in [0, 0.1) is 24.7 Å². The second-order valence-corrected chi connectivity index (χ2v) is 7.49. The molecule has 1 aromatic heterocycles. The van der Waals surface area contributed by atoms with Gasteiger partial charge in [-0.2, -0.15) is 5.10 Å². The fraction of sp³-hybridized carbons (Fsp3) is 0.500. The van der Waals surface area contributed by atoms with Crippen LogP contribution in [0.4, 0.5) is 0 Å². The Balaban J connectivity index is 1.48. The largest absolute Gasteiger partial charge is 0.349 e. The zero-order valence-electron chi connectivity index (χ0n) is 14.4. The third kappa shape index (κ3) is 2.64. The molecule has 4 rings (SSSR count). The minimum atomic E-state index is 0.00459. The van der Waals surface area contributed by atoms with Gasteiger partial charge in [0.25, 0.3) is 5.91 Å². The van der Waals surface area contributed by atoms with Crippen molar-refractivity contribution in [2.75, 3.05) is 0 Å². The van der Waals surface area contributed by atoms with E-state index in [1.807, 2.05) is 41.9 Å². The summed E-state index contributed by atoms with van der Waals surface area (Å²) in [7, 11) is 0. The van der Waals surface area contributed by atoms with Crippen molar-refractivity contribution in [2.24, 2.45) is 17.8 Å². The van der Waals surface area contributed by atoms with E-state index in [9.17, 15) is 4.79 Å². The molecule has 1 amide bonds. The molecule has 2 bridgehead atoms. The molecule has 0 aliphatic heterocycles. The molecule has 24 heavy (non-hydrogen) atoms. The first-order valence-electron chi connectivity index (χ1n) is 9.04. The number of hydrogen-bond donors (Lipinski definition) is 1. The highest BCUT2D eigenvalue weighted by Gasteiger charge is 2.42. The predicted octanol–water partition coefficient (Wildman–Crippen LogP) is 3.74. The Labute approximate surface area is 143 Å². The molecule has 2 aliphatic carbocycles. The van der Waals surface area contributed by atoms with Gasteiger partial charge >= 0.3 is 0 Å². The summed E-state index contributed by atoms with van der Waals surface area (Å²) in [6.07, 6.45) is 7.08. The van der Waals surface area contributed by atoms with E-state index in [1.165, 1.54) is 25.7 Å². The van der Waals surface area contributed by atoms with Gasteiger partial charge in [0.2, 0.25) is 0 Å². The molecule has 2 saturated carbocycles. The van der Waals surface area contributed by atoms with Gasteiger partial charge in [-0.05, 0) is 63.0 Å². The first-order valence-corrected chi connectivity index (χ1v) is 9.04. The quantitative estimate of drug-likeness (QED) is 0.932. The van der Waals surface area contributed by atoms with Crippen molar-refractivity contribution in [3.05, 3.63) is 47.8 Å². The third-order valence-corrected chi connectivity index (χ3v) is 6.05. The van der Waals surface area contributed by atoms with E-state index >= 15 is 0 Å². The number of benzene rings is 1. The van der Waals surface area contributed by atoms with Crippen molar-refractivity contribution in [1.29, 1.82) is 0 Å². The summed E-state index contributed by atoms with van der Waals surface area (Å²) in [6, 6.07) is 10.2. The molecule has 2 aromatic rings. The molecule has 4 nitrogen and oxygen atoms in total. The predicted molar refractivity (Wildman–Crippen MR) is 94.2 cm³/mol. The Morgan fingerprint density at radius 1 is 1.25 bits per heavy atom. The fourth-order valence-electron chi connectivity index (χ4n) is 4.76. The van der Waals surface area contributed by atoms with Crippen LogP contribution in [0.5, 0.6) is 0 Å². The summed E-state index contributed by atoms with van der Waals surface area (Å²) in [4.78, 5) is 12.7. The van der Waals surface area contributed by atoms with Crippen molar-refractivity contribution >= 4 is 5.91 Å². The molecule has 1 aromatic carbocycles. The molecule has 1 heterocycles. The maximum absolute atomic E-state index is 12.7. The minimum Gasteiger partial charge on any atom is -0.349 e. The summed E-state index contributed by atoms with van der Waals surface area (Å²) in [6.45, 7) is 4.12. The number of nitrogens with one attached hydrogen (secondary N) is 1. The lowest BCUT2D eigenvalue weighted by Gasteiger charge is -2.28. The van der Waals surface area contributed by atoms with E-state index in [-0.39, 0.29) is 11.9 Å². The van der Waals surface area contributed by atoms with Crippen LogP contribution in [-0.4, -0.2) is 21.7 Å². The van der Waals surface area contributed by atoms with Gasteiger partial charge in [0.15, 0.2) is 0 Å².